The summed E-state index contributed by atoms with van der Waals surface area (Å²) in [7, 11) is 1.66. The Bertz CT molecular complexity index is 160. The summed E-state index contributed by atoms with van der Waals surface area (Å²) in [6.45, 7) is 8.08. The minimum atomic E-state index is 0.00926. The number of hydrogen-bond donors (Lipinski definition) is 1. The van der Waals surface area contributed by atoms with Crippen molar-refractivity contribution >= 4 is 12.3 Å². The van der Waals surface area contributed by atoms with Gasteiger partial charge in [0.25, 0.3) is 0 Å². The molecule has 2 amide bonds. The van der Waals surface area contributed by atoms with Crippen LogP contribution in [-0.2, 0) is 9.59 Å². The molecule has 0 bridgehead atoms. The van der Waals surface area contributed by atoms with E-state index in [1.165, 1.54) is 24.2 Å². The van der Waals surface area contributed by atoms with Gasteiger partial charge in [-0.05, 0) is 12.4 Å². The molecular formula is C8H14N2O2. The zero-order valence-corrected chi connectivity index (χ0v) is 7.41. The van der Waals surface area contributed by atoms with Gasteiger partial charge in [-0.15, -0.1) is 0 Å². The number of amides is 2. The molecule has 0 unspecified atom stereocenters. The van der Waals surface area contributed by atoms with Gasteiger partial charge < -0.3 is 10.2 Å². The van der Waals surface area contributed by atoms with E-state index in [9.17, 15) is 9.59 Å². The highest BCUT2D eigenvalue weighted by Gasteiger charge is 1.90. The van der Waals surface area contributed by atoms with Gasteiger partial charge in [-0.3, -0.25) is 9.59 Å². The van der Waals surface area contributed by atoms with Crippen molar-refractivity contribution in [2.24, 2.45) is 0 Å². The largest absolute Gasteiger partial charge is 0.336 e. The van der Waals surface area contributed by atoms with Crippen LogP contribution < -0.4 is 5.32 Å². The van der Waals surface area contributed by atoms with Crippen molar-refractivity contribution in [3.8, 4) is 0 Å². The van der Waals surface area contributed by atoms with E-state index in [0.29, 0.717) is 6.41 Å². The molecule has 0 aliphatic rings. The summed E-state index contributed by atoms with van der Waals surface area (Å²) < 4.78 is 0. The first-order valence-corrected chi connectivity index (χ1v) is 3.26. The Kier molecular flexibility index (Phi) is 10.2. The van der Waals surface area contributed by atoms with Crippen molar-refractivity contribution in [1.82, 2.24) is 10.2 Å². The average Bonchev–Trinajstić information content (AvgIpc) is 2.05. The molecular weight excluding hydrogens is 156 g/mol. The highest BCUT2D eigenvalue weighted by molar-refractivity contribution is 5.73. The molecule has 0 aromatic carbocycles. The fraction of sp³-hybridized carbons (Fsp3) is 0.250. The van der Waals surface area contributed by atoms with Gasteiger partial charge in [0.15, 0.2) is 0 Å². The summed E-state index contributed by atoms with van der Waals surface area (Å²) in [5.41, 5.74) is 0. The molecule has 0 heterocycles. The van der Waals surface area contributed by atoms with Crippen molar-refractivity contribution < 1.29 is 9.59 Å². The second kappa shape index (κ2) is 9.42. The summed E-state index contributed by atoms with van der Waals surface area (Å²) in [5, 5.41) is 2.19. The van der Waals surface area contributed by atoms with Crippen LogP contribution in [0.25, 0.3) is 0 Å². The third-order valence-electron chi connectivity index (χ3n) is 0.956. The van der Waals surface area contributed by atoms with E-state index in [1.807, 2.05) is 0 Å². The average molecular weight is 170 g/mol. The smallest absolute Gasteiger partial charge is 0.223 e. The number of rotatable bonds is 3. The molecule has 4 heteroatoms. The Morgan fingerprint density at radius 1 is 1.50 bits per heavy atom. The molecule has 0 fully saturated rings. The van der Waals surface area contributed by atoms with Gasteiger partial charge in [0, 0.05) is 14.0 Å². The summed E-state index contributed by atoms with van der Waals surface area (Å²) in [6, 6.07) is 0. The Labute approximate surface area is 72.6 Å². The second-order valence-corrected chi connectivity index (χ2v) is 1.80. The molecule has 0 rings (SSSR count). The highest BCUT2D eigenvalue weighted by atomic mass is 16.2. The van der Waals surface area contributed by atoms with E-state index >= 15 is 0 Å². The molecule has 0 radical (unpaired) electrons. The summed E-state index contributed by atoms with van der Waals surface area (Å²) in [4.78, 5) is 20.9. The number of carbonyl (C=O) groups excluding carboxylic acids is 2. The van der Waals surface area contributed by atoms with Crippen LogP contribution in [0.15, 0.2) is 25.6 Å². The standard InChI is InChI=1S/C5H9NO.C3H5NO/c1-4-6(3)5(2)7;1-2-4-3-5/h4H,1H2,2-3H3;2-3H,1H2,(H,4,5). The maximum absolute atomic E-state index is 10.2. The SMILES string of the molecule is C=CN(C)C(C)=O.C=CNC=O. The van der Waals surface area contributed by atoms with Gasteiger partial charge in [-0.1, -0.05) is 13.2 Å². The zero-order chi connectivity index (χ0) is 9.98. The van der Waals surface area contributed by atoms with Crippen LogP contribution in [0.5, 0.6) is 0 Å². The molecule has 0 spiro atoms. The quantitative estimate of drug-likeness (QED) is 0.626. The third kappa shape index (κ3) is 11.2. The molecule has 1 N–H and O–H groups in total. The van der Waals surface area contributed by atoms with Crippen LogP contribution in [0.1, 0.15) is 6.92 Å². The predicted molar refractivity (Wildman–Crippen MR) is 48.0 cm³/mol. The normalized spacial score (nSPS) is 6.83. The number of hydrogen-bond acceptors (Lipinski definition) is 2. The third-order valence-corrected chi connectivity index (χ3v) is 0.956. The maximum Gasteiger partial charge on any atom is 0.223 e. The lowest BCUT2D eigenvalue weighted by molar-refractivity contribution is -0.125. The molecule has 0 aromatic rings. The summed E-state index contributed by atoms with van der Waals surface area (Å²) in [5.74, 6) is 0.00926. The molecule has 4 nitrogen and oxygen atoms in total. The van der Waals surface area contributed by atoms with Gasteiger partial charge in [-0.2, -0.15) is 0 Å². The fourth-order valence-electron chi connectivity index (χ4n) is 0.177. The first-order chi connectivity index (χ1) is 5.59. The van der Waals surface area contributed by atoms with Gasteiger partial charge in [0.2, 0.25) is 12.3 Å². The molecule has 0 saturated heterocycles. The van der Waals surface area contributed by atoms with Crippen LogP contribution >= 0.6 is 0 Å². The maximum atomic E-state index is 10.2. The Balaban J connectivity index is 0. The van der Waals surface area contributed by atoms with Crippen molar-refractivity contribution in [3.05, 3.63) is 25.6 Å². The van der Waals surface area contributed by atoms with Gasteiger partial charge in [-0.25, -0.2) is 0 Å². The topological polar surface area (TPSA) is 49.4 Å². The molecule has 0 aliphatic heterocycles. The van der Waals surface area contributed by atoms with Crippen LogP contribution in [-0.4, -0.2) is 24.3 Å². The fourth-order valence-corrected chi connectivity index (χ4v) is 0.177. The highest BCUT2D eigenvalue weighted by Crippen LogP contribution is 1.79. The second-order valence-electron chi connectivity index (χ2n) is 1.80. The van der Waals surface area contributed by atoms with E-state index in [0.717, 1.165) is 0 Å². The lowest BCUT2D eigenvalue weighted by atomic mass is 10.6. The molecule has 0 saturated carbocycles. The lowest BCUT2D eigenvalue weighted by Crippen LogP contribution is -2.15. The molecule has 12 heavy (non-hydrogen) atoms. The Morgan fingerprint density at radius 3 is 2.00 bits per heavy atom. The zero-order valence-electron chi connectivity index (χ0n) is 7.41. The van der Waals surface area contributed by atoms with Gasteiger partial charge in [0.1, 0.15) is 0 Å². The molecule has 0 atom stereocenters. The summed E-state index contributed by atoms with van der Waals surface area (Å²) >= 11 is 0. The summed E-state index contributed by atoms with van der Waals surface area (Å²) in [6.07, 6.45) is 3.35. The minimum Gasteiger partial charge on any atom is -0.336 e. The van der Waals surface area contributed by atoms with Crippen LogP contribution in [0.2, 0.25) is 0 Å². The number of nitrogens with one attached hydrogen (secondary N) is 1. The van der Waals surface area contributed by atoms with Gasteiger partial charge >= 0.3 is 0 Å². The lowest BCUT2D eigenvalue weighted by Gasteiger charge is -2.04. The first-order valence-electron chi connectivity index (χ1n) is 3.26. The van der Waals surface area contributed by atoms with Crippen molar-refractivity contribution in [1.29, 1.82) is 0 Å². The van der Waals surface area contributed by atoms with E-state index in [4.69, 9.17) is 0 Å². The molecule has 0 aliphatic carbocycles. The van der Waals surface area contributed by atoms with Crippen molar-refractivity contribution in [3.63, 3.8) is 0 Å². The van der Waals surface area contributed by atoms with Crippen molar-refractivity contribution in [2.45, 2.75) is 6.92 Å². The van der Waals surface area contributed by atoms with E-state index in [-0.39, 0.29) is 5.91 Å². The van der Waals surface area contributed by atoms with Crippen LogP contribution in [0.3, 0.4) is 0 Å². The van der Waals surface area contributed by atoms with Crippen LogP contribution in [0, 0.1) is 0 Å². The minimum absolute atomic E-state index is 0.00926. The van der Waals surface area contributed by atoms with E-state index in [1.54, 1.807) is 7.05 Å². The van der Waals surface area contributed by atoms with Gasteiger partial charge in [0.05, 0.1) is 0 Å². The molecule has 68 valence electrons. The molecule has 0 aromatic heterocycles. The Hall–Kier alpha value is -1.58. The Morgan fingerprint density at radius 2 is 2.00 bits per heavy atom. The first kappa shape index (κ1) is 13.0. The van der Waals surface area contributed by atoms with E-state index < -0.39 is 0 Å². The number of carbonyl (C=O) groups is 2. The van der Waals surface area contributed by atoms with Crippen LogP contribution in [0.4, 0.5) is 0 Å². The van der Waals surface area contributed by atoms with E-state index in [2.05, 4.69) is 18.5 Å². The predicted octanol–water partition coefficient (Wildman–Crippen LogP) is 0.484. The monoisotopic (exact) mass is 170 g/mol. The van der Waals surface area contributed by atoms with Crippen molar-refractivity contribution in [2.75, 3.05) is 7.05 Å². The number of nitrogens with zero attached hydrogens (tertiary/aromatic N) is 1.